The average molecular weight is 594 g/mol. The maximum absolute atomic E-state index is 5.05. The van der Waals surface area contributed by atoms with E-state index in [0.29, 0.717) is 0 Å². The van der Waals surface area contributed by atoms with Gasteiger partial charge in [-0.3, -0.25) is 4.57 Å². The van der Waals surface area contributed by atoms with E-state index >= 15 is 0 Å². The van der Waals surface area contributed by atoms with Crippen molar-refractivity contribution in [2.75, 3.05) is 0 Å². The molecule has 0 aliphatic heterocycles. The lowest BCUT2D eigenvalue weighted by molar-refractivity contribution is 1.06. The van der Waals surface area contributed by atoms with Gasteiger partial charge in [-0.1, -0.05) is 83.9 Å². The summed E-state index contributed by atoms with van der Waals surface area (Å²) in [5, 5.41) is 2.58. The van der Waals surface area contributed by atoms with Gasteiger partial charge in [0.25, 0.3) is 0 Å². The SMILES string of the molecule is Cc1cc(C)cc(-n2c(-c3ccc(-c4ccccc4)cc3)cnc2-c2ccc(-n3c4ccc(C)cc4c4cc(C)ccc43)cc2)c1. The lowest BCUT2D eigenvalue weighted by Crippen LogP contribution is -2.01. The van der Waals surface area contributed by atoms with E-state index in [1.165, 1.54) is 55.2 Å². The third kappa shape index (κ3) is 4.81. The van der Waals surface area contributed by atoms with Crippen molar-refractivity contribution < 1.29 is 0 Å². The second kappa shape index (κ2) is 11.0. The van der Waals surface area contributed by atoms with Crippen molar-refractivity contribution in [2.24, 2.45) is 0 Å². The summed E-state index contributed by atoms with van der Waals surface area (Å²) in [5.41, 5.74) is 15.4. The molecule has 0 atom stereocenters. The summed E-state index contributed by atoms with van der Waals surface area (Å²) in [4.78, 5) is 5.05. The van der Waals surface area contributed by atoms with Crippen LogP contribution < -0.4 is 0 Å². The number of nitrogens with zero attached hydrogens (tertiary/aromatic N) is 3. The summed E-state index contributed by atoms with van der Waals surface area (Å²) in [6, 6.07) is 48.4. The van der Waals surface area contributed by atoms with Gasteiger partial charge >= 0.3 is 0 Å². The van der Waals surface area contributed by atoms with Crippen LogP contribution in [0.15, 0.2) is 140 Å². The first kappa shape index (κ1) is 27.8. The molecular formula is C43H35N3. The van der Waals surface area contributed by atoms with Crippen LogP contribution >= 0.6 is 0 Å². The minimum Gasteiger partial charge on any atom is -0.309 e. The van der Waals surface area contributed by atoms with Crippen LogP contribution in [0.1, 0.15) is 22.3 Å². The monoisotopic (exact) mass is 593 g/mol. The number of rotatable bonds is 5. The van der Waals surface area contributed by atoms with Gasteiger partial charge in [0.2, 0.25) is 0 Å². The summed E-state index contributed by atoms with van der Waals surface area (Å²) in [7, 11) is 0. The Morgan fingerprint density at radius 2 is 0.957 bits per heavy atom. The molecule has 0 radical (unpaired) electrons. The van der Waals surface area contributed by atoms with Gasteiger partial charge in [0, 0.05) is 33.3 Å². The van der Waals surface area contributed by atoms with E-state index in [2.05, 4.69) is 170 Å². The quantitative estimate of drug-likeness (QED) is 0.195. The zero-order chi connectivity index (χ0) is 31.4. The van der Waals surface area contributed by atoms with Crippen molar-refractivity contribution >= 4 is 21.8 Å². The zero-order valence-corrected chi connectivity index (χ0v) is 26.6. The van der Waals surface area contributed by atoms with Crippen molar-refractivity contribution in [3.8, 4) is 45.1 Å². The van der Waals surface area contributed by atoms with Gasteiger partial charge in [-0.05, 0) is 111 Å². The van der Waals surface area contributed by atoms with E-state index in [1.54, 1.807) is 0 Å². The Bertz CT molecular complexity index is 2290. The number of hydrogen-bond donors (Lipinski definition) is 0. The van der Waals surface area contributed by atoms with Crippen molar-refractivity contribution in [1.82, 2.24) is 14.1 Å². The standard InChI is InChI=1S/C43H35N3/c1-28-10-20-40-38(25-28)39-26-29(2)11-21-41(39)45(40)36-18-16-35(17-19-36)43-44-27-42(46(43)37-23-30(3)22-31(4)24-37)34-14-12-33(13-15-34)32-8-6-5-7-9-32/h5-27H,1-4H3. The fourth-order valence-corrected chi connectivity index (χ4v) is 6.85. The molecule has 0 saturated heterocycles. The molecule has 0 aliphatic carbocycles. The lowest BCUT2D eigenvalue weighted by atomic mass is 10.0. The van der Waals surface area contributed by atoms with Crippen LogP contribution in [0.5, 0.6) is 0 Å². The first-order valence-electron chi connectivity index (χ1n) is 15.9. The molecule has 0 amide bonds. The molecule has 0 N–H and O–H groups in total. The van der Waals surface area contributed by atoms with Gasteiger partial charge in [0.15, 0.2) is 0 Å². The molecule has 3 heteroatoms. The Kier molecular flexibility index (Phi) is 6.69. The lowest BCUT2D eigenvalue weighted by Gasteiger charge is -2.15. The Balaban J connectivity index is 1.25. The Labute approximate surface area is 270 Å². The van der Waals surface area contributed by atoms with Gasteiger partial charge < -0.3 is 4.57 Å². The highest BCUT2D eigenvalue weighted by atomic mass is 15.1. The van der Waals surface area contributed by atoms with Crippen LogP contribution in [0.4, 0.5) is 0 Å². The van der Waals surface area contributed by atoms with Gasteiger partial charge in [-0.15, -0.1) is 0 Å². The van der Waals surface area contributed by atoms with Gasteiger partial charge in [0.1, 0.15) is 5.82 Å². The first-order valence-corrected chi connectivity index (χ1v) is 15.9. The highest BCUT2D eigenvalue weighted by molar-refractivity contribution is 6.09. The van der Waals surface area contributed by atoms with Crippen LogP contribution in [-0.4, -0.2) is 14.1 Å². The molecule has 0 saturated carbocycles. The van der Waals surface area contributed by atoms with Crippen LogP contribution in [-0.2, 0) is 0 Å². The third-order valence-electron chi connectivity index (χ3n) is 8.97. The number of aryl methyl sites for hydroxylation is 4. The average Bonchev–Trinajstić information content (AvgIpc) is 3.64. The maximum Gasteiger partial charge on any atom is 0.144 e. The minimum atomic E-state index is 0.923. The zero-order valence-electron chi connectivity index (χ0n) is 26.6. The molecule has 0 unspecified atom stereocenters. The minimum absolute atomic E-state index is 0.923. The predicted octanol–water partition coefficient (Wildman–Crippen LogP) is 11.2. The molecule has 3 nitrogen and oxygen atoms in total. The highest BCUT2D eigenvalue weighted by Crippen LogP contribution is 2.36. The van der Waals surface area contributed by atoms with E-state index in [4.69, 9.17) is 4.98 Å². The summed E-state index contributed by atoms with van der Waals surface area (Å²) in [6.45, 7) is 8.64. The van der Waals surface area contributed by atoms with E-state index < -0.39 is 0 Å². The second-order valence-corrected chi connectivity index (χ2v) is 12.5. The Morgan fingerprint density at radius 1 is 0.413 bits per heavy atom. The van der Waals surface area contributed by atoms with Gasteiger partial charge in [0.05, 0.1) is 22.9 Å². The summed E-state index contributed by atoms with van der Waals surface area (Å²) >= 11 is 0. The van der Waals surface area contributed by atoms with E-state index in [1.807, 2.05) is 6.20 Å². The Morgan fingerprint density at radius 3 is 1.57 bits per heavy atom. The normalized spacial score (nSPS) is 11.5. The molecule has 8 rings (SSSR count). The van der Waals surface area contributed by atoms with E-state index in [0.717, 1.165) is 34.0 Å². The van der Waals surface area contributed by atoms with Crippen LogP contribution in [0, 0.1) is 27.7 Å². The fourth-order valence-electron chi connectivity index (χ4n) is 6.85. The molecule has 8 aromatic rings. The smallest absolute Gasteiger partial charge is 0.144 e. The van der Waals surface area contributed by atoms with Crippen LogP contribution in [0.3, 0.4) is 0 Å². The topological polar surface area (TPSA) is 22.8 Å². The molecule has 0 bridgehead atoms. The number of imidazole rings is 1. The summed E-state index contributed by atoms with van der Waals surface area (Å²) in [6.07, 6.45) is 2.01. The van der Waals surface area contributed by atoms with Crippen LogP contribution in [0.25, 0.3) is 67.0 Å². The van der Waals surface area contributed by atoms with E-state index in [9.17, 15) is 0 Å². The predicted molar refractivity (Wildman–Crippen MR) is 193 cm³/mol. The van der Waals surface area contributed by atoms with Crippen molar-refractivity contribution in [1.29, 1.82) is 0 Å². The number of fused-ring (bicyclic) bond motifs is 3. The number of hydrogen-bond acceptors (Lipinski definition) is 1. The van der Waals surface area contributed by atoms with Crippen molar-refractivity contribution in [3.63, 3.8) is 0 Å². The van der Waals surface area contributed by atoms with Crippen LogP contribution in [0.2, 0.25) is 0 Å². The van der Waals surface area contributed by atoms with Crippen molar-refractivity contribution in [3.05, 3.63) is 162 Å². The van der Waals surface area contributed by atoms with Crippen molar-refractivity contribution in [2.45, 2.75) is 27.7 Å². The molecule has 2 heterocycles. The molecule has 222 valence electrons. The number of benzene rings is 6. The van der Waals surface area contributed by atoms with Gasteiger partial charge in [-0.2, -0.15) is 0 Å². The van der Waals surface area contributed by atoms with Gasteiger partial charge in [-0.25, -0.2) is 4.98 Å². The summed E-state index contributed by atoms with van der Waals surface area (Å²) < 4.78 is 4.68. The highest BCUT2D eigenvalue weighted by Gasteiger charge is 2.18. The summed E-state index contributed by atoms with van der Waals surface area (Å²) in [5.74, 6) is 0.923. The molecular weight excluding hydrogens is 558 g/mol. The Hall–Kier alpha value is -5.67. The fraction of sp³-hybridized carbons (Fsp3) is 0.0930. The molecule has 0 spiro atoms. The molecule has 46 heavy (non-hydrogen) atoms. The first-order chi connectivity index (χ1) is 22.4. The molecule has 6 aromatic carbocycles. The largest absolute Gasteiger partial charge is 0.309 e. The third-order valence-corrected chi connectivity index (χ3v) is 8.97. The van der Waals surface area contributed by atoms with E-state index in [-0.39, 0.29) is 0 Å². The molecule has 0 fully saturated rings. The molecule has 2 aromatic heterocycles. The number of aromatic nitrogens is 3. The second-order valence-electron chi connectivity index (χ2n) is 12.5. The maximum atomic E-state index is 5.05. The molecule has 0 aliphatic rings.